The summed E-state index contributed by atoms with van der Waals surface area (Å²) in [6.45, 7) is 7.29. The van der Waals surface area contributed by atoms with Gasteiger partial charge in [-0.1, -0.05) is 27.7 Å². The second-order valence-corrected chi connectivity index (χ2v) is 6.20. The predicted octanol–water partition coefficient (Wildman–Crippen LogP) is 1.65. The van der Waals surface area contributed by atoms with Gasteiger partial charge in [-0.25, -0.2) is 4.79 Å². The van der Waals surface area contributed by atoms with Gasteiger partial charge < -0.3 is 20.2 Å². The molecule has 0 bridgehead atoms. The van der Waals surface area contributed by atoms with Crippen LogP contribution in [0, 0.1) is 11.8 Å². The van der Waals surface area contributed by atoms with Crippen LogP contribution in [0.2, 0.25) is 0 Å². The highest BCUT2D eigenvalue weighted by molar-refractivity contribution is 5.96. The minimum absolute atomic E-state index is 0.0976. The van der Waals surface area contributed by atoms with Crippen molar-refractivity contribution in [1.82, 2.24) is 10.6 Å². The number of furan rings is 1. The maximum atomic E-state index is 12.4. The Morgan fingerprint density at radius 1 is 1.17 bits per heavy atom. The third kappa shape index (κ3) is 5.77. The third-order valence-corrected chi connectivity index (χ3v) is 3.30. The Morgan fingerprint density at radius 2 is 1.83 bits per heavy atom. The summed E-state index contributed by atoms with van der Waals surface area (Å²) >= 11 is 0. The quantitative estimate of drug-likeness (QED) is 0.674. The average molecular weight is 324 g/mol. The number of carbonyl (C=O) groups excluding carboxylic acids is 2. The maximum absolute atomic E-state index is 12.4. The van der Waals surface area contributed by atoms with Crippen molar-refractivity contribution < 1.29 is 23.9 Å². The molecule has 1 rings (SSSR count). The zero-order valence-corrected chi connectivity index (χ0v) is 13.8. The lowest BCUT2D eigenvalue weighted by Gasteiger charge is -2.24. The monoisotopic (exact) mass is 324 g/mol. The summed E-state index contributed by atoms with van der Waals surface area (Å²) in [5, 5.41) is 14.3. The fraction of sp³-hybridized carbons (Fsp3) is 0.562. The molecule has 0 saturated heterocycles. The fourth-order valence-corrected chi connectivity index (χ4v) is 2.11. The van der Waals surface area contributed by atoms with E-state index in [1.165, 1.54) is 12.3 Å². The van der Waals surface area contributed by atoms with Crippen LogP contribution in [0.25, 0.3) is 0 Å². The smallest absolute Gasteiger partial charge is 0.326 e. The number of aliphatic carboxylic acids is 1. The molecule has 0 aromatic carbocycles. The number of carboxylic acid groups (broad SMARTS) is 1. The molecule has 3 N–H and O–H groups in total. The SMILES string of the molecule is CC(C)C[C@H](NC(=O)[C@@H](NC(=O)c1ccco1)C(C)C)C(=O)O. The van der Waals surface area contributed by atoms with Gasteiger partial charge in [-0.2, -0.15) is 0 Å². The van der Waals surface area contributed by atoms with Gasteiger partial charge in [-0.15, -0.1) is 0 Å². The molecule has 1 aromatic heterocycles. The molecule has 0 radical (unpaired) electrons. The molecule has 7 nitrogen and oxygen atoms in total. The van der Waals surface area contributed by atoms with Crippen LogP contribution in [0.15, 0.2) is 22.8 Å². The number of nitrogens with one attached hydrogen (secondary N) is 2. The summed E-state index contributed by atoms with van der Waals surface area (Å²) < 4.78 is 4.99. The van der Waals surface area contributed by atoms with Crippen molar-refractivity contribution in [2.24, 2.45) is 11.8 Å². The number of carbonyl (C=O) groups is 3. The zero-order chi connectivity index (χ0) is 17.6. The van der Waals surface area contributed by atoms with E-state index >= 15 is 0 Å². The van der Waals surface area contributed by atoms with Crippen LogP contribution in [0.1, 0.15) is 44.7 Å². The zero-order valence-electron chi connectivity index (χ0n) is 13.8. The van der Waals surface area contributed by atoms with Gasteiger partial charge in [0.1, 0.15) is 12.1 Å². The van der Waals surface area contributed by atoms with Gasteiger partial charge in [0.05, 0.1) is 6.26 Å². The first-order valence-electron chi connectivity index (χ1n) is 7.60. The number of hydrogen-bond acceptors (Lipinski definition) is 4. The Hall–Kier alpha value is -2.31. The highest BCUT2D eigenvalue weighted by atomic mass is 16.4. The molecule has 128 valence electrons. The van der Waals surface area contributed by atoms with E-state index in [2.05, 4.69) is 10.6 Å². The predicted molar refractivity (Wildman–Crippen MR) is 83.8 cm³/mol. The van der Waals surface area contributed by atoms with Crippen molar-refractivity contribution >= 4 is 17.8 Å². The molecule has 0 aliphatic heterocycles. The van der Waals surface area contributed by atoms with Gasteiger partial charge >= 0.3 is 5.97 Å². The lowest BCUT2D eigenvalue weighted by molar-refractivity contribution is -0.142. The highest BCUT2D eigenvalue weighted by Gasteiger charge is 2.29. The number of hydrogen-bond donors (Lipinski definition) is 3. The third-order valence-electron chi connectivity index (χ3n) is 3.30. The van der Waals surface area contributed by atoms with E-state index in [9.17, 15) is 19.5 Å². The number of amides is 2. The largest absolute Gasteiger partial charge is 0.480 e. The molecular formula is C16H24N2O5. The van der Waals surface area contributed by atoms with E-state index in [0.717, 1.165) is 0 Å². The molecular weight excluding hydrogens is 300 g/mol. The number of carboxylic acids is 1. The molecule has 1 aromatic rings. The normalized spacial score (nSPS) is 13.7. The summed E-state index contributed by atoms with van der Waals surface area (Å²) in [6, 6.07) is 1.23. The second kappa shape index (κ2) is 8.36. The van der Waals surface area contributed by atoms with E-state index < -0.39 is 29.9 Å². The van der Waals surface area contributed by atoms with Gasteiger partial charge in [0.15, 0.2) is 5.76 Å². The summed E-state index contributed by atoms with van der Waals surface area (Å²) in [4.78, 5) is 35.6. The summed E-state index contributed by atoms with van der Waals surface area (Å²) in [5.41, 5.74) is 0. The van der Waals surface area contributed by atoms with Crippen LogP contribution < -0.4 is 10.6 Å². The van der Waals surface area contributed by atoms with Crippen molar-refractivity contribution in [1.29, 1.82) is 0 Å². The summed E-state index contributed by atoms with van der Waals surface area (Å²) in [6.07, 6.45) is 1.68. The molecule has 1 heterocycles. The fourth-order valence-electron chi connectivity index (χ4n) is 2.11. The van der Waals surface area contributed by atoms with Crippen LogP contribution in [-0.2, 0) is 9.59 Å². The van der Waals surface area contributed by atoms with Crippen LogP contribution >= 0.6 is 0 Å². The van der Waals surface area contributed by atoms with Gasteiger partial charge in [-0.3, -0.25) is 9.59 Å². The van der Waals surface area contributed by atoms with E-state index in [1.54, 1.807) is 19.9 Å². The van der Waals surface area contributed by atoms with Crippen LogP contribution in [0.4, 0.5) is 0 Å². The molecule has 0 aliphatic rings. The van der Waals surface area contributed by atoms with Gasteiger partial charge in [0.25, 0.3) is 5.91 Å². The average Bonchev–Trinajstić information content (AvgIpc) is 2.96. The Bertz CT molecular complexity index is 537. The first-order valence-corrected chi connectivity index (χ1v) is 7.60. The van der Waals surface area contributed by atoms with Crippen molar-refractivity contribution in [2.45, 2.75) is 46.2 Å². The molecule has 0 fully saturated rings. The van der Waals surface area contributed by atoms with Crippen LogP contribution in [0.5, 0.6) is 0 Å². The Morgan fingerprint density at radius 3 is 2.26 bits per heavy atom. The summed E-state index contributed by atoms with van der Waals surface area (Å²) in [5.74, 6) is -2.12. The van der Waals surface area contributed by atoms with Crippen LogP contribution in [0.3, 0.4) is 0 Å². The minimum atomic E-state index is -1.09. The van der Waals surface area contributed by atoms with Crippen LogP contribution in [-0.4, -0.2) is 35.0 Å². The molecule has 0 aliphatic carbocycles. The van der Waals surface area contributed by atoms with Gasteiger partial charge in [0.2, 0.25) is 5.91 Å². The van der Waals surface area contributed by atoms with Gasteiger partial charge in [0, 0.05) is 0 Å². The first kappa shape index (κ1) is 18.7. The van der Waals surface area contributed by atoms with E-state index in [0.29, 0.717) is 6.42 Å². The molecule has 2 amide bonds. The second-order valence-electron chi connectivity index (χ2n) is 6.20. The van der Waals surface area contributed by atoms with E-state index in [1.807, 2.05) is 13.8 Å². The highest BCUT2D eigenvalue weighted by Crippen LogP contribution is 2.09. The molecule has 0 unspecified atom stereocenters. The topological polar surface area (TPSA) is 109 Å². The van der Waals surface area contributed by atoms with Gasteiger partial charge in [-0.05, 0) is 30.4 Å². The lowest BCUT2D eigenvalue weighted by Crippen LogP contribution is -2.53. The molecule has 2 atom stereocenters. The molecule has 23 heavy (non-hydrogen) atoms. The Kier molecular flexibility index (Phi) is 6.81. The molecule has 0 spiro atoms. The standard InChI is InChI=1S/C16H24N2O5/c1-9(2)8-11(16(21)22)17-15(20)13(10(3)4)18-14(19)12-6-5-7-23-12/h5-7,9-11,13H,8H2,1-4H3,(H,17,20)(H,18,19)(H,21,22)/t11-,13-/m0/s1. The van der Waals surface area contributed by atoms with Crippen molar-refractivity contribution in [3.05, 3.63) is 24.2 Å². The Labute approximate surface area is 135 Å². The first-order chi connectivity index (χ1) is 10.7. The lowest BCUT2D eigenvalue weighted by atomic mass is 10.0. The van der Waals surface area contributed by atoms with E-state index in [-0.39, 0.29) is 17.6 Å². The summed E-state index contributed by atoms with van der Waals surface area (Å²) in [7, 11) is 0. The van der Waals surface area contributed by atoms with E-state index in [4.69, 9.17) is 4.42 Å². The van der Waals surface area contributed by atoms with Crippen molar-refractivity contribution in [3.8, 4) is 0 Å². The Balaban J connectivity index is 2.77. The number of rotatable bonds is 8. The molecule has 0 saturated carbocycles. The minimum Gasteiger partial charge on any atom is -0.480 e. The maximum Gasteiger partial charge on any atom is 0.326 e. The van der Waals surface area contributed by atoms with Crippen molar-refractivity contribution in [3.63, 3.8) is 0 Å². The molecule has 7 heteroatoms. The van der Waals surface area contributed by atoms with Crippen molar-refractivity contribution in [2.75, 3.05) is 0 Å².